The molecule has 1 saturated heterocycles. The number of likely N-dealkylation sites (tertiary alicyclic amines) is 1. The number of aromatic nitrogens is 3. The van der Waals surface area contributed by atoms with Crippen molar-refractivity contribution in [3.05, 3.63) is 52.7 Å². The van der Waals surface area contributed by atoms with E-state index in [1.165, 1.54) is 12.3 Å². The van der Waals surface area contributed by atoms with Crippen molar-refractivity contribution in [1.29, 1.82) is 0 Å². The highest BCUT2D eigenvalue weighted by Gasteiger charge is 2.26. The molecule has 1 amide bonds. The number of carbonyl (C=O) groups is 1. The summed E-state index contributed by atoms with van der Waals surface area (Å²) in [6.07, 6.45) is 6.26. The van der Waals surface area contributed by atoms with Crippen LogP contribution in [0.1, 0.15) is 23.2 Å². The standard InChI is InChI=1S/C15H16N4O3/c20-13-9-11(4-7-16-13)14(21)19-8-1-3-12(10-19)22-15-17-5-2-6-18-15/h2,4-7,9,12H,1,3,8,10H2,(H,16,20). The lowest BCUT2D eigenvalue weighted by Crippen LogP contribution is -2.44. The van der Waals surface area contributed by atoms with Crippen LogP contribution in [0, 0.1) is 0 Å². The molecule has 1 aliphatic heterocycles. The Kier molecular flexibility index (Phi) is 4.13. The third-order valence-corrected chi connectivity index (χ3v) is 3.50. The van der Waals surface area contributed by atoms with Crippen LogP contribution in [0.5, 0.6) is 6.01 Å². The molecule has 1 atom stereocenters. The summed E-state index contributed by atoms with van der Waals surface area (Å²) in [6, 6.07) is 4.95. The normalized spacial score (nSPS) is 18.0. The minimum atomic E-state index is -0.284. The number of hydrogen-bond donors (Lipinski definition) is 1. The van der Waals surface area contributed by atoms with Crippen molar-refractivity contribution in [2.24, 2.45) is 0 Å². The Labute approximate surface area is 127 Å². The summed E-state index contributed by atoms with van der Waals surface area (Å²) in [6.45, 7) is 1.12. The first kappa shape index (κ1) is 14.2. The third-order valence-electron chi connectivity index (χ3n) is 3.50. The van der Waals surface area contributed by atoms with Gasteiger partial charge in [-0.15, -0.1) is 0 Å². The molecule has 7 heteroatoms. The molecule has 7 nitrogen and oxygen atoms in total. The quantitative estimate of drug-likeness (QED) is 0.908. The first-order valence-corrected chi connectivity index (χ1v) is 7.14. The van der Waals surface area contributed by atoms with Gasteiger partial charge in [0.1, 0.15) is 6.10 Å². The minimum absolute atomic E-state index is 0.137. The fourth-order valence-corrected chi connectivity index (χ4v) is 2.47. The van der Waals surface area contributed by atoms with Gasteiger partial charge in [0.2, 0.25) is 5.56 Å². The molecular formula is C15H16N4O3. The molecule has 0 bridgehead atoms. The van der Waals surface area contributed by atoms with Crippen LogP contribution < -0.4 is 10.3 Å². The van der Waals surface area contributed by atoms with E-state index in [0.717, 1.165) is 12.8 Å². The van der Waals surface area contributed by atoms with Crippen LogP contribution in [-0.4, -0.2) is 45.0 Å². The van der Waals surface area contributed by atoms with Gasteiger partial charge in [-0.25, -0.2) is 9.97 Å². The maximum absolute atomic E-state index is 12.4. The Morgan fingerprint density at radius 3 is 2.95 bits per heavy atom. The molecule has 3 heterocycles. The Hall–Kier alpha value is -2.70. The Bertz CT molecular complexity index is 701. The molecular weight excluding hydrogens is 284 g/mol. The van der Waals surface area contributed by atoms with Gasteiger partial charge in [-0.3, -0.25) is 9.59 Å². The summed E-state index contributed by atoms with van der Waals surface area (Å²) in [7, 11) is 0. The monoisotopic (exact) mass is 300 g/mol. The second-order valence-corrected chi connectivity index (χ2v) is 5.11. The largest absolute Gasteiger partial charge is 0.458 e. The van der Waals surface area contributed by atoms with E-state index in [-0.39, 0.29) is 17.6 Å². The summed E-state index contributed by atoms with van der Waals surface area (Å²) < 4.78 is 5.71. The van der Waals surface area contributed by atoms with Crippen LogP contribution >= 0.6 is 0 Å². The number of H-pyrrole nitrogens is 1. The van der Waals surface area contributed by atoms with Crippen LogP contribution in [0.4, 0.5) is 0 Å². The zero-order chi connectivity index (χ0) is 15.4. The highest BCUT2D eigenvalue weighted by molar-refractivity contribution is 5.94. The van der Waals surface area contributed by atoms with E-state index in [2.05, 4.69) is 15.0 Å². The number of pyridine rings is 1. The molecule has 2 aromatic heterocycles. The van der Waals surface area contributed by atoms with Crippen molar-refractivity contribution >= 4 is 5.91 Å². The number of piperidine rings is 1. The lowest BCUT2D eigenvalue weighted by Gasteiger charge is -2.32. The zero-order valence-electron chi connectivity index (χ0n) is 11.9. The summed E-state index contributed by atoms with van der Waals surface area (Å²) in [4.78, 5) is 36.0. The number of nitrogens with one attached hydrogen (secondary N) is 1. The van der Waals surface area contributed by atoms with Gasteiger partial charge < -0.3 is 14.6 Å². The first-order chi connectivity index (χ1) is 10.7. The summed E-state index contributed by atoms with van der Waals surface area (Å²) >= 11 is 0. The van der Waals surface area contributed by atoms with Gasteiger partial charge in [0, 0.05) is 36.8 Å². The van der Waals surface area contributed by atoms with Crippen LogP contribution in [-0.2, 0) is 0 Å². The van der Waals surface area contributed by atoms with E-state index in [0.29, 0.717) is 24.7 Å². The van der Waals surface area contributed by atoms with Crippen LogP contribution in [0.3, 0.4) is 0 Å². The van der Waals surface area contributed by atoms with Crippen LogP contribution in [0.2, 0.25) is 0 Å². The summed E-state index contributed by atoms with van der Waals surface area (Å²) in [5.41, 5.74) is 0.105. The van der Waals surface area contributed by atoms with Gasteiger partial charge in [-0.05, 0) is 25.0 Å². The molecule has 1 N–H and O–H groups in total. The lowest BCUT2D eigenvalue weighted by molar-refractivity contribution is 0.0515. The van der Waals surface area contributed by atoms with Crippen LogP contribution in [0.15, 0.2) is 41.6 Å². The highest BCUT2D eigenvalue weighted by Crippen LogP contribution is 2.16. The third kappa shape index (κ3) is 3.30. The number of rotatable bonds is 3. The van der Waals surface area contributed by atoms with E-state index in [4.69, 9.17) is 4.74 Å². The molecule has 22 heavy (non-hydrogen) atoms. The number of carbonyl (C=O) groups excluding carboxylic acids is 1. The topological polar surface area (TPSA) is 88.2 Å². The molecule has 0 radical (unpaired) electrons. The van der Waals surface area contributed by atoms with Crippen molar-refractivity contribution in [2.75, 3.05) is 13.1 Å². The van der Waals surface area contributed by atoms with Crippen molar-refractivity contribution in [1.82, 2.24) is 19.9 Å². The van der Waals surface area contributed by atoms with E-state index < -0.39 is 0 Å². The molecule has 0 saturated carbocycles. The van der Waals surface area contributed by atoms with Gasteiger partial charge in [0.15, 0.2) is 0 Å². The van der Waals surface area contributed by atoms with E-state index in [1.807, 2.05) is 0 Å². The maximum atomic E-state index is 12.4. The molecule has 2 aromatic rings. The second kappa shape index (κ2) is 6.38. The molecule has 0 aliphatic carbocycles. The zero-order valence-corrected chi connectivity index (χ0v) is 11.9. The minimum Gasteiger partial charge on any atom is -0.458 e. The molecule has 0 aromatic carbocycles. The summed E-state index contributed by atoms with van der Waals surface area (Å²) in [5, 5.41) is 0. The van der Waals surface area contributed by atoms with Gasteiger partial charge in [-0.2, -0.15) is 0 Å². The molecule has 0 spiro atoms. The molecule has 3 rings (SSSR count). The number of aromatic amines is 1. The van der Waals surface area contributed by atoms with Crippen LogP contribution in [0.25, 0.3) is 0 Å². The molecule has 1 unspecified atom stereocenters. The fourth-order valence-electron chi connectivity index (χ4n) is 2.47. The Balaban J connectivity index is 1.67. The van der Waals surface area contributed by atoms with Crippen molar-refractivity contribution in [2.45, 2.75) is 18.9 Å². The Morgan fingerprint density at radius 2 is 2.18 bits per heavy atom. The van der Waals surface area contributed by atoms with E-state index in [1.54, 1.807) is 29.4 Å². The smallest absolute Gasteiger partial charge is 0.316 e. The van der Waals surface area contributed by atoms with E-state index in [9.17, 15) is 9.59 Å². The number of amides is 1. The predicted molar refractivity (Wildman–Crippen MR) is 78.6 cm³/mol. The number of ether oxygens (including phenoxy) is 1. The fraction of sp³-hybridized carbons (Fsp3) is 0.333. The van der Waals surface area contributed by atoms with Crippen molar-refractivity contribution in [3.8, 4) is 6.01 Å². The van der Waals surface area contributed by atoms with Crippen molar-refractivity contribution < 1.29 is 9.53 Å². The van der Waals surface area contributed by atoms with Gasteiger partial charge >= 0.3 is 6.01 Å². The highest BCUT2D eigenvalue weighted by atomic mass is 16.5. The second-order valence-electron chi connectivity index (χ2n) is 5.11. The Morgan fingerprint density at radius 1 is 1.36 bits per heavy atom. The van der Waals surface area contributed by atoms with E-state index >= 15 is 0 Å². The lowest BCUT2D eigenvalue weighted by atomic mass is 10.1. The summed E-state index contributed by atoms with van der Waals surface area (Å²) in [5.74, 6) is -0.159. The van der Waals surface area contributed by atoms with Gasteiger partial charge in [0.05, 0.1) is 6.54 Å². The van der Waals surface area contributed by atoms with Gasteiger partial charge in [0.25, 0.3) is 5.91 Å². The maximum Gasteiger partial charge on any atom is 0.316 e. The average molecular weight is 300 g/mol. The number of nitrogens with zero attached hydrogens (tertiary/aromatic N) is 3. The molecule has 114 valence electrons. The first-order valence-electron chi connectivity index (χ1n) is 7.14. The average Bonchev–Trinajstić information content (AvgIpc) is 2.55. The van der Waals surface area contributed by atoms with Gasteiger partial charge in [-0.1, -0.05) is 0 Å². The number of hydrogen-bond acceptors (Lipinski definition) is 5. The molecule has 1 aliphatic rings. The molecule has 1 fully saturated rings. The van der Waals surface area contributed by atoms with Crippen molar-refractivity contribution in [3.63, 3.8) is 0 Å². The SMILES string of the molecule is O=C(c1cc[nH]c(=O)c1)N1CCCC(Oc2ncccn2)C1. The predicted octanol–water partition coefficient (Wildman–Crippen LogP) is 0.849.